The zero-order valence-electron chi connectivity index (χ0n) is 15.9. The van der Waals surface area contributed by atoms with Crippen LogP contribution in [0.3, 0.4) is 0 Å². The fraction of sp³-hybridized carbons (Fsp3) is 0.579. The van der Waals surface area contributed by atoms with E-state index in [1.54, 1.807) is 12.1 Å². The summed E-state index contributed by atoms with van der Waals surface area (Å²) in [6, 6.07) is 5.50. The molecule has 1 heterocycles. The van der Waals surface area contributed by atoms with Crippen molar-refractivity contribution in [3.8, 4) is 5.75 Å². The van der Waals surface area contributed by atoms with Crippen molar-refractivity contribution >= 4 is 11.8 Å². The third-order valence-electron chi connectivity index (χ3n) is 6.05. The molecule has 0 amide bonds. The van der Waals surface area contributed by atoms with Gasteiger partial charge in [0.1, 0.15) is 17.7 Å². The Bertz CT molecular complexity index is 759. The summed E-state index contributed by atoms with van der Waals surface area (Å²) < 4.78 is 5.84. The van der Waals surface area contributed by atoms with Gasteiger partial charge in [-0.05, 0) is 56.4 Å². The Kier molecular flexibility index (Phi) is 5.62. The third kappa shape index (κ3) is 3.58. The number of aryl methyl sites for hydroxylation is 1. The molecule has 1 aliphatic carbocycles. The van der Waals surface area contributed by atoms with Gasteiger partial charge in [-0.15, -0.1) is 0 Å². The number of carboxylic acid groups (broad SMARTS) is 1. The molecule has 9 nitrogen and oxygen atoms in total. The van der Waals surface area contributed by atoms with Crippen LogP contribution in [0, 0.1) is 10.8 Å². The second-order valence-electron chi connectivity index (χ2n) is 7.98. The summed E-state index contributed by atoms with van der Waals surface area (Å²) in [5.41, 5.74) is 5.51. The number of fused-ring (bicyclic) bond motifs is 1. The Morgan fingerprint density at radius 1 is 1.50 bits per heavy atom. The molecule has 1 aliphatic heterocycles. The van der Waals surface area contributed by atoms with Gasteiger partial charge in [0.25, 0.3) is 0 Å². The van der Waals surface area contributed by atoms with Crippen LogP contribution in [0.15, 0.2) is 18.2 Å². The van der Waals surface area contributed by atoms with Gasteiger partial charge in [-0.2, -0.15) is 0 Å². The molecule has 1 fully saturated rings. The lowest BCUT2D eigenvalue weighted by atomic mass is 9.66. The number of ether oxygens (including phenoxy) is 1. The quantitative estimate of drug-likeness (QED) is 0.216. The summed E-state index contributed by atoms with van der Waals surface area (Å²) in [6.07, 6.45) is 1.81. The fourth-order valence-corrected chi connectivity index (χ4v) is 3.93. The van der Waals surface area contributed by atoms with Gasteiger partial charge < -0.3 is 26.0 Å². The number of nitrogens with one attached hydrogen (secondary N) is 2. The summed E-state index contributed by atoms with van der Waals surface area (Å²) in [6.45, 7) is 1.90. The van der Waals surface area contributed by atoms with Gasteiger partial charge >= 0.3 is 5.97 Å². The third-order valence-corrected chi connectivity index (χ3v) is 6.05. The fourth-order valence-electron chi connectivity index (χ4n) is 3.93. The largest absolute Gasteiger partial charge is 0.486 e. The molecular weight excluding hydrogens is 364 g/mol. The number of aliphatic carboxylic acids is 1. The predicted molar refractivity (Wildman–Crippen MR) is 102 cm³/mol. The number of rotatable bonds is 7. The average Bonchev–Trinajstić information content (AvgIpc) is 2.68. The van der Waals surface area contributed by atoms with E-state index in [9.17, 15) is 15.0 Å². The van der Waals surface area contributed by atoms with Gasteiger partial charge in [-0.1, -0.05) is 0 Å². The second-order valence-corrected chi connectivity index (χ2v) is 7.98. The number of nitrogens with two attached hydrogens (primary N) is 2. The van der Waals surface area contributed by atoms with Gasteiger partial charge in [0, 0.05) is 23.6 Å². The molecule has 0 aromatic heterocycles. The number of hydrogen-bond acceptors (Lipinski definition) is 7. The van der Waals surface area contributed by atoms with Gasteiger partial charge in [-0.25, -0.2) is 10.7 Å². The molecule has 1 saturated carbocycles. The van der Waals surface area contributed by atoms with E-state index in [0.717, 1.165) is 24.0 Å². The Morgan fingerprint density at radius 2 is 2.21 bits per heavy atom. The van der Waals surface area contributed by atoms with Crippen LogP contribution in [0.5, 0.6) is 5.75 Å². The molecule has 9 heteroatoms. The van der Waals surface area contributed by atoms with Crippen LogP contribution in [0.2, 0.25) is 0 Å². The van der Waals surface area contributed by atoms with Crippen LogP contribution in [0.1, 0.15) is 37.3 Å². The zero-order valence-corrected chi connectivity index (χ0v) is 15.9. The van der Waals surface area contributed by atoms with Crippen molar-refractivity contribution < 1.29 is 24.6 Å². The van der Waals surface area contributed by atoms with Crippen molar-refractivity contribution in [3.63, 3.8) is 0 Å². The Hall–Kier alpha value is -2.20. The standard InChI is InChI=1S/C19H28N4O5/c1-18(28-22,17(25)26)15-5-3-11-6-12(2-4-14(11)27-15)16(21)23-13-7-19(8-13,9-20)10-24/h2,4,6,13,15,24H,3,5,7-10,20,22H2,1H3,(H2,21,23)(H,25,26)/t13-,15-,18+,19-/m1/s1. The Morgan fingerprint density at radius 3 is 2.79 bits per heavy atom. The molecule has 8 N–H and O–H groups in total. The minimum Gasteiger partial charge on any atom is -0.486 e. The van der Waals surface area contributed by atoms with Gasteiger partial charge in [0.15, 0.2) is 0 Å². The first-order valence-corrected chi connectivity index (χ1v) is 9.34. The maximum Gasteiger partial charge on any atom is 0.341 e. The van der Waals surface area contributed by atoms with Gasteiger partial charge in [0.05, 0.1) is 6.61 Å². The number of carboxylic acids is 1. The summed E-state index contributed by atoms with van der Waals surface area (Å²) in [5, 5.41) is 30.3. The molecule has 0 radical (unpaired) electrons. The first-order chi connectivity index (χ1) is 13.3. The van der Waals surface area contributed by atoms with Crippen molar-refractivity contribution in [2.75, 3.05) is 13.2 Å². The minimum absolute atomic E-state index is 0.0636. The molecule has 0 bridgehead atoms. The lowest BCUT2D eigenvalue weighted by Crippen LogP contribution is -2.55. The molecular formula is C19H28N4O5. The van der Waals surface area contributed by atoms with E-state index in [1.165, 1.54) is 6.92 Å². The van der Waals surface area contributed by atoms with E-state index >= 15 is 0 Å². The van der Waals surface area contributed by atoms with E-state index < -0.39 is 17.7 Å². The minimum atomic E-state index is -1.63. The number of aliphatic hydroxyl groups is 1. The van der Waals surface area contributed by atoms with Crippen LogP contribution in [0.4, 0.5) is 0 Å². The molecule has 2 aliphatic rings. The highest BCUT2D eigenvalue weighted by atomic mass is 16.7. The van der Waals surface area contributed by atoms with Crippen LogP contribution in [-0.4, -0.2) is 52.9 Å². The maximum absolute atomic E-state index is 11.5. The van der Waals surface area contributed by atoms with Gasteiger partial charge in [-0.3, -0.25) is 10.2 Å². The average molecular weight is 392 g/mol. The highest BCUT2D eigenvalue weighted by Crippen LogP contribution is 2.40. The highest BCUT2D eigenvalue weighted by molar-refractivity contribution is 5.97. The molecule has 1 aromatic carbocycles. The van der Waals surface area contributed by atoms with E-state index in [2.05, 4.69) is 5.32 Å². The molecule has 28 heavy (non-hydrogen) atoms. The topological polar surface area (TPSA) is 164 Å². The molecule has 0 unspecified atom stereocenters. The molecule has 3 rings (SSSR count). The lowest BCUT2D eigenvalue weighted by Gasteiger charge is -2.46. The van der Waals surface area contributed by atoms with Crippen molar-refractivity contribution in [3.05, 3.63) is 29.3 Å². The summed E-state index contributed by atoms with van der Waals surface area (Å²) in [4.78, 5) is 16.2. The number of carbonyl (C=O) groups is 1. The first kappa shape index (κ1) is 20.5. The van der Waals surface area contributed by atoms with E-state index in [-0.39, 0.29) is 18.1 Å². The SMILES string of the molecule is C[C@@](ON)(C(=O)O)[C@H]1CCc2cc(C(=N)N[C@H]3C[C@](CN)(CO)C3)ccc2O1. The van der Waals surface area contributed by atoms with E-state index in [0.29, 0.717) is 31.0 Å². The number of hydrogen-bond donors (Lipinski definition) is 6. The molecule has 1 aromatic rings. The Balaban J connectivity index is 1.65. The molecule has 154 valence electrons. The van der Waals surface area contributed by atoms with Crippen molar-refractivity contribution in [1.29, 1.82) is 5.41 Å². The number of aliphatic hydroxyl groups excluding tert-OH is 1. The second kappa shape index (κ2) is 7.67. The lowest BCUT2D eigenvalue weighted by molar-refractivity contribution is -0.179. The zero-order chi connectivity index (χ0) is 20.5. The summed E-state index contributed by atoms with van der Waals surface area (Å²) in [5.74, 6) is 4.91. The molecule has 0 saturated heterocycles. The monoisotopic (exact) mass is 392 g/mol. The summed E-state index contributed by atoms with van der Waals surface area (Å²) in [7, 11) is 0. The smallest absolute Gasteiger partial charge is 0.341 e. The highest BCUT2D eigenvalue weighted by Gasteiger charge is 2.46. The Labute approximate surface area is 163 Å². The summed E-state index contributed by atoms with van der Waals surface area (Å²) >= 11 is 0. The van der Waals surface area contributed by atoms with Crippen LogP contribution in [0.25, 0.3) is 0 Å². The maximum atomic E-state index is 11.5. The van der Waals surface area contributed by atoms with E-state index in [1.807, 2.05) is 6.07 Å². The van der Waals surface area contributed by atoms with Crippen LogP contribution >= 0.6 is 0 Å². The molecule has 0 spiro atoms. The number of benzene rings is 1. The van der Waals surface area contributed by atoms with Crippen LogP contribution in [-0.2, 0) is 16.1 Å². The van der Waals surface area contributed by atoms with Crippen LogP contribution < -0.4 is 21.7 Å². The molecule has 2 atom stereocenters. The first-order valence-electron chi connectivity index (χ1n) is 9.34. The normalized spacial score (nSPS) is 28.3. The van der Waals surface area contributed by atoms with Gasteiger partial charge in [0.2, 0.25) is 5.60 Å². The van der Waals surface area contributed by atoms with E-state index in [4.69, 9.17) is 26.6 Å². The van der Waals surface area contributed by atoms with Crippen molar-refractivity contribution in [1.82, 2.24) is 5.32 Å². The van der Waals surface area contributed by atoms with Crippen molar-refractivity contribution in [2.45, 2.75) is 50.4 Å². The predicted octanol–water partition coefficient (Wildman–Crippen LogP) is 0.129. The number of amidine groups is 1. The van der Waals surface area contributed by atoms with Crippen molar-refractivity contribution in [2.24, 2.45) is 17.0 Å².